The Morgan fingerprint density at radius 1 is 1.35 bits per heavy atom. The summed E-state index contributed by atoms with van der Waals surface area (Å²) >= 11 is 6.28. The van der Waals surface area contributed by atoms with Gasteiger partial charge < -0.3 is 10.4 Å². The molecule has 0 saturated carbocycles. The zero-order valence-electron chi connectivity index (χ0n) is 11.8. The maximum absolute atomic E-state index is 9.54. The molecule has 0 bridgehead atoms. The van der Waals surface area contributed by atoms with Crippen molar-refractivity contribution in [2.45, 2.75) is 33.0 Å². The molecule has 1 unspecified atom stereocenters. The van der Waals surface area contributed by atoms with Crippen molar-refractivity contribution >= 4 is 11.6 Å². The van der Waals surface area contributed by atoms with Gasteiger partial charge >= 0.3 is 0 Å². The largest absolute Gasteiger partial charge is 0.394 e. The van der Waals surface area contributed by atoms with Gasteiger partial charge in [-0.25, -0.2) is 0 Å². The van der Waals surface area contributed by atoms with Crippen LogP contribution in [0.25, 0.3) is 0 Å². The van der Waals surface area contributed by atoms with E-state index in [0.717, 1.165) is 23.5 Å². The molecule has 2 aromatic rings. The van der Waals surface area contributed by atoms with E-state index in [1.54, 1.807) is 0 Å². The molecular formula is C15H20ClN3O. The molecule has 0 fully saturated rings. The third-order valence-corrected chi connectivity index (χ3v) is 3.84. The Balaban J connectivity index is 2.11. The molecule has 2 N–H and O–H groups in total. The first-order valence-electron chi connectivity index (χ1n) is 6.78. The molecule has 0 aliphatic rings. The summed E-state index contributed by atoms with van der Waals surface area (Å²) in [5, 5.41) is 18.0. The van der Waals surface area contributed by atoms with Gasteiger partial charge in [0.1, 0.15) is 0 Å². The number of aromatic nitrogens is 2. The number of aliphatic hydroxyl groups excluding tert-OH is 1. The number of halogens is 1. The van der Waals surface area contributed by atoms with E-state index in [-0.39, 0.29) is 12.6 Å². The highest BCUT2D eigenvalue weighted by atomic mass is 35.5. The van der Waals surface area contributed by atoms with Crippen molar-refractivity contribution < 1.29 is 5.11 Å². The Labute approximate surface area is 124 Å². The van der Waals surface area contributed by atoms with Crippen LogP contribution in [0.2, 0.25) is 5.02 Å². The third kappa shape index (κ3) is 3.20. The Morgan fingerprint density at radius 2 is 2.05 bits per heavy atom. The first-order chi connectivity index (χ1) is 9.67. The zero-order chi connectivity index (χ0) is 14.5. The lowest BCUT2D eigenvalue weighted by Gasteiger charge is -2.17. The molecule has 4 nitrogen and oxygen atoms in total. The predicted molar refractivity (Wildman–Crippen MR) is 80.8 cm³/mol. The fourth-order valence-corrected chi connectivity index (χ4v) is 2.43. The van der Waals surface area contributed by atoms with Gasteiger partial charge in [0.25, 0.3) is 0 Å². The van der Waals surface area contributed by atoms with E-state index in [2.05, 4.69) is 10.4 Å². The van der Waals surface area contributed by atoms with Gasteiger partial charge in [-0.2, -0.15) is 5.10 Å². The molecule has 0 radical (unpaired) electrons. The molecule has 0 saturated heterocycles. The summed E-state index contributed by atoms with van der Waals surface area (Å²) in [5.41, 5.74) is 2.86. The van der Waals surface area contributed by atoms with Crippen LogP contribution in [0.15, 0.2) is 30.3 Å². The van der Waals surface area contributed by atoms with Crippen molar-refractivity contribution in [1.29, 1.82) is 0 Å². The minimum absolute atomic E-state index is 0.0425. The van der Waals surface area contributed by atoms with E-state index in [0.29, 0.717) is 11.6 Å². The van der Waals surface area contributed by atoms with Crippen molar-refractivity contribution in [3.8, 4) is 0 Å². The fraction of sp³-hybridized carbons (Fsp3) is 0.400. The summed E-state index contributed by atoms with van der Waals surface area (Å²) in [6.07, 6.45) is 0. The number of hydrogen-bond donors (Lipinski definition) is 2. The van der Waals surface area contributed by atoms with Gasteiger partial charge in [-0.3, -0.25) is 4.68 Å². The lowest BCUT2D eigenvalue weighted by Crippen LogP contribution is -2.25. The molecule has 1 aromatic heterocycles. The van der Waals surface area contributed by atoms with Crippen LogP contribution in [-0.2, 0) is 13.1 Å². The van der Waals surface area contributed by atoms with Gasteiger partial charge in [0.05, 0.1) is 29.1 Å². The van der Waals surface area contributed by atoms with Crippen molar-refractivity contribution in [2.24, 2.45) is 0 Å². The van der Waals surface area contributed by atoms with E-state index < -0.39 is 0 Å². The van der Waals surface area contributed by atoms with Crippen molar-refractivity contribution in [2.75, 3.05) is 6.61 Å². The van der Waals surface area contributed by atoms with Crippen LogP contribution >= 0.6 is 11.6 Å². The lowest BCUT2D eigenvalue weighted by atomic mass is 10.1. The topological polar surface area (TPSA) is 50.1 Å². The number of hydrogen-bond acceptors (Lipinski definition) is 3. The smallest absolute Gasteiger partial charge is 0.0860 e. The second kappa shape index (κ2) is 6.88. The number of benzene rings is 1. The van der Waals surface area contributed by atoms with Gasteiger partial charge in [0.15, 0.2) is 0 Å². The van der Waals surface area contributed by atoms with E-state index in [4.69, 9.17) is 11.6 Å². The van der Waals surface area contributed by atoms with Crippen LogP contribution in [-0.4, -0.2) is 21.5 Å². The standard InChI is InChI=1S/C15H20ClN3O/c1-3-19-14(15(16)11(2)18-19)9-17-13(10-20)12-7-5-4-6-8-12/h4-8,13,17,20H,3,9-10H2,1-2H3. The minimum atomic E-state index is -0.104. The van der Waals surface area contributed by atoms with E-state index >= 15 is 0 Å². The summed E-state index contributed by atoms with van der Waals surface area (Å²) in [5.74, 6) is 0. The molecule has 108 valence electrons. The molecule has 2 rings (SSSR count). The Bertz CT molecular complexity index is 554. The first-order valence-corrected chi connectivity index (χ1v) is 7.16. The molecule has 0 spiro atoms. The van der Waals surface area contributed by atoms with Gasteiger partial charge in [0.2, 0.25) is 0 Å². The highest BCUT2D eigenvalue weighted by molar-refractivity contribution is 6.31. The quantitative estimate of drug-likeness (QED) is 0.861. The molecule has 0 aliphatic heterocycles. The molecule has 0 amide bonds. The number of nitrogens with one attached hydrogen (secondary N) is 1. The average molecular weight is 294 g/mol. The highest BCUT2D eigenvalue weighted by Crippen LogP contribution is 2.21. The normalized spacial score (nSPS) is 12.6. The maximum Gasteiger partial charge on any atom is 0.0860 e. The van der Waals surface area contributed by atoms with Crippen molar-refractivity contribution in [3.05, 3.63) is 52.3 Å². The van der Waals surface area contributed by atoms with Crippen LogP contribution in [0.4, 0.5) is 0 Å². The number of aliphatic hydroxyl groups is 1. The molecule has 5 heteroatoms. The first kappa shape index (κ1) is 15.0. The Hall–Kier alpha value is -1.36. The molecule has 1 aromatic carbocycles. The monoisotopic (exact) mass is 293 g/mol. The molecule has 20 heavy (non-hydrogen) atoms. The average Bonchev–Trinajstić information content (AvgIpc) is 2.76. The molecule has 1 heterocycles. The zero-order valence-corrected chi connectivity index (χ0v) is 12.6. The summed E-state index contributed by atoms with van der Waals surface area (Å²) in [7, 11) is 0. The van der Waals surface area contributed by atoms with Crippen molar-refractivity contribution in [3.63, 3.8) is 0 Å². The summed E-state index contributed by atoms with van der Waals surface area (Å²) in [6.45, 7) is 5.33. The van der Waals surface area contributed by atoms with E-state index in [1.165, 1.54) is 0 Å². The Morgan fingerprint density at radius 3 is 2.65 bits per heavy atom. The van der Waals surface area contributed by atoms with Gasteiger partial charge in [-0.05, 0) is 19.4 Å². The van der Waals surface area contributed by atoms with Gasteiger partial charge in [-0.15, -0.1) is 0 Å². The number of nitrogens with zero attached hydrogens (tertiary/aromatic N) is 2. The minimum Gasteiger partial charge on any atom is -0.394 e. The second-order valence-corrected chi connectivity index (χ2v) is 5.07. The maximum atomic E-state index is 9.54. The summed E-state index contributed by atoms with van der Waals surface area (Å²) in [6, 6.07) is 9.79. The van der Waals surface area contributed by atoms with Crippen LogP contribution in [0.1, 0.15) is 29.9 Å². The van der Waals surface area contributed by atoms with E-state index in [1.807, 2.05) is 48.9 Å². The Kier molecular flexibility index (Phi) is 5.17. The van der Waals surface area contributed by atoms with Crippen LogP contribution < -0.4 is 5.32 Å². The lowest BCUT2D eigenvalue weighted by molar-refractivity contribution is 0.242. The molecule has 0 aliphatic carbocycles. The number of rotatable bonds is 6. The second-order valence-electron chi connectivity index (χ2n) is 4.69. The fourth-order valence-electron chi connectivity index (χ4n) is 2.23. The highest BCUT2D eigenvalue weighted by Gasteiger charge is 2.15. The van der Waals surface area contributed by atoms with Gasteiger partial charge in [-0.1, -0.05) is 41.9 Å². The third-order valence-electron chi connectivity index (χ3n) is 3.35. The van der Waals surface area contributed by atoms with Crippen LogP contribution in [0, 0.1) is 6.92 Å². The summed E-state index contributed by atoms with van der Waals surface area (Å²) in [4.78, 5) is 0. The van der Waals surface area contributed by atoms with E-state index in [9.17, 15) is 5.11 Å². The molecule has 1 atom stereocenters. The predicted octanol–water partition coefficient (Wildman–Crippen LogP) is 2.69. The van der Waals surface area contributed by atoms with Crippen LogP contribution in [0.5, 0.6) is 0 Å². The molecular weight excluding hydrogens is 274 g/mol. The SMILES string of the molecule is CCn1nc(C)c(Cl)c1CNC(CO)c1ccccc1. The number of aryl methyl sites for hydroxylation is 2. The van der Waals surface area contributed by atoms with Crippen molar-refractivity contribution in [1.82, 2.24) is 15.1 Å². The van der Waals surface area contributed by atoms with Gasteiger partial charge in [0, 0.05) is 13.1 Å². The van der Waals surface area contributed by atoms with Crippen LogP contribution in [0.3, 0.4) is 0 Å². The summed E-state index contributed by atoms with van der Waals surface area (Å²) < 4.78 is 1.89.